The molecule has 2 unspecified atom stereocenters. The van der Waals surface area contributed by atoms with Gasteiger partial charge in [0, 0.05) is 23.8 Å². The maximum absolute atomic E-state index is 12.7. The summed E-state index contributed by atoms with van der Waals surface area (Å²) in [7, 11) is 0. The molecule has 2 fully saturated rings. The van der Waals surface area contributed by atoms with Gasteiger partial charge in [-0.1, -0.05) is 6.42 Å². The van der Waals surface area contributed by atoms with E-state index in [0.717, 1.165) is 35.7 Å². The lowest BCUT2D eigenvalue weighted by molar-refractivity contribution is 0.0548. The molecule has 0 aromatic heterocycles. The maximum Gasteiger partial charge on any atom is 0.254 e. The minimum absolute atomic E-state index is 0.194. The first-order valence-corrected chi connectivity index (χ1v) is 7.34. The van der Waals surface area contributed by atoms with Gasteiger partial charge in [0.25, 0.3) is 5.91 Å². The summed E-state index contributed by atoms with van der Waals surface area (Å²) in [5.74, 6) is 0.937. The summed E-state index contributed by atoms with van der Waals surface area (Å²) < 4.78 is 0. The molecule has 1 aliphatic heterocycles. The number of fused-ring (bicyclic) bond motifs is 1. The van der Waals surface area contributed by atoms with Crippen LogP contribution in [0.25, 0.3) is 0 Å². The van der Waals surface area contributed by atoms with Gasteiger partial charge >= 0.3 is 0 Å². The molecule has 1 saturated heterocycles. The van der Waals surface area contributed by atoms with E-state index in [0.29, 0.717) is 6.04 Å². The third-order valence-electron chi connectivity index (χ3n) is 4.77. The van der Waals surface area contributed by atoms with Gasteiger partial charge in [0.2, 0.25) is 0 Å². The molecule has 3 nitrogen and oxygen atoms in total. The molecule has 3 rings (SSSR count). The molecule has 1 aromatic carbocycles. The Morgan fingerprint density at radius 3 is 2.84 bits per heavy atom. The number of aryl methyl sites for hydroxylation is 1. The number of nitrogens with zero attached hydrogens (tertiary/aromatic N) is 1. The fourth-order valence-corrected chi connectivity index (χ4v) is 3.68. The number of nitrogens with two attached hydrogens (primary N) is 1. The highest BCUT2D eigenvalue weighted by molar-refractivity contribution is 5.95. The van der Waals surface area contributed by atoms with Crippen molar-refractivity contribution in [3.8, 4) is 0 Å². The molecule has 0 bridgehead atoms. The predicted molar refractivity (Wildman–Crippen MR) is 77.0 cm³/mol. The van der Waals surface area contributed by atoms with Crippen LogP contribution in [-0.4, -0.2) is 23.4 Å². The second kappa shape index (κ2) is 4.87. The summed E-state index contributed by atoms with van der Waals surface area (Å²) in [5, 5.41) is 0. The molecule has 0 radical (unpaired) electrons. The number of carbonyl (C=O) groups excluding carboxylic acids is 1. The zero-order valence-corrected chi connectivity index (χ0v) is 11.6. The Kier molecular flexibility index (Phi) is 3.21. The minimum Gasteiger partial charge on any atom is -0.399 e. The number of carbonyl (C=O) groups is 1. The highest BCUT2D eigenvalue weighted by atomic mass is 16.2. The number of hydrogen-bond acceptors (Lipinski definition) is 2. The summed E-state index contributed by atoms with van der Waals surface area (Å²) in [6, 6.07) is 6.12. The van der Waals surface area contributed by atoms with Crippen molar-refractivity contribution in [1.29, 1.82) is 0 Å². The summed E-state index contributed by atoms with van der Waals surface area (Å²) in [4.78, 5) is 14.8. The molecule has 19 heavy (non-hydrogen) atoms. The van der Waals surface area contributed by atoms with E-state index in [4.69, 9.17) is 5.73 Å². The van der Waals surface area contributed by atoms with Crippen LogP contribution in [-0.2, 0) is 0 Å². The highest BCUT2D eigenvalue weighted by Crippen LogP contribution is 2.37. The van der Waals surface area contributed by atoms with E-state index in [-0.39, 0.29) is 5.91 Å². The van der Waals surface area contributed by atoms with E-state index >= 15 is 0 Å². The molecule has 1 heterocycles. The van der Waals surface area contributed by atoms with Crippen LogP contribution in [0.15, 0.2) is 18.2 Å². The van der Waals surface area contributed by atoms with Crippen LogP contribution in [0, 0.1) is 12.8 Å². The molecule has 0 spiro atoms. The normalized spacial score (nSPS) is 26.3. The van der Waals surface area contributed by atoms with Crippen molar-refractivity contribution < 1.29 is 4.79 Å². The number of amides is 1. The standard InChI is InChI=1S/C16H22N2O/c1-11-10-13(7-8-14(11)17)16(19)18-9-3-5-12-4-2-6-15(12)18/h7-8,10,12,15H,2-6,9,17H2,1H3. The molecule has 1 aliphatic carbocycles. The van der Waals surface area contributed by atoms with Crippen LogP contribution in [0.5, 0.6) is 0 Å². The van der Waals surface area contributed by atoms with Crippen molar-refractivity contribution in [3.05, 3.63) is 29.3 Å². The predicted octanol–water partition coefficient (Wildman–Crippen LogP) is 2.98. The molecular weight excluding hydrogens is 236 g/mol. The average Bonchev–Trinajstić information content (AvgIpc) is 2.89. The Morgan fingerprint density at radius 1 is 1.26 bits per heavy atom. The lowest BCUT2D eigenvalue weighted by Crippen LogP contribution is -2.46. The Balaban J connectivity index is 1.84. The van der Waals surface area contributed by atoms with Crippen molar-refractivity contribution in [1.82, 2.24) is 4.90 Å². The molecule has 1 saturated carbocycles. The van der Waals surface area contributed by atoms with Crippen LogP contribution in [0.2, 0.25) is 0 Å². The summed E-state index contributed by atoms with van der Waals surface area (Å²) >= 11 is 0. The van der Waals surface area contributed by atoms with Crippen LogP contribution in [0.4, 0.5) is 5.69 Å². The molecule has 2 atom stereocenters. The number of benzene rings is 1. The van der Waals surface area contributed by atoms with Crippen LogP contribution in [0.1, 0.15) is 48.0 Å². The first-order valence-electron chi connectivity index (χ1n) is 7.34. The van der Waals surface area contributed by atoms with Crippen molar-refractivity contribution >= 4 is 11.6 Å². The fraction of sp³-hybridized carbons (Fsp3) is 0.562. The highest BCUT2D eigenvalue weighted by Gasteiger charge is 2.37. The van der Waals surface area contributed by atoms with Crippen molar-refractivity contribution in [2.24, 2.45) is 5.92 Å². The van der Waals surface area contributed by atoms with E-state index in [1.165, 1.54) is 25.7 Å². The largest absolute Gasteiger partial charge is 0.399 e. The van der Waals surface area contributed by atoms with E-state index in [1.807, 2.05) is 25.1 Å². The van der Waals surface area contributed by atoms with E-state index < -0.39 is 0 Å². The zero-order chi connectivity index (χ0) is 13.4. The smallest absolute Gasteiger partial charge is 0.254 e. The third-order valence-corrected chi connectivity index (χ3v) is 4.77. The number of likely N-dealkylation sites (tertiary alicyclic amines) is 1. The SMILES string of the molecule is Cc1cc(C(=O)N2CCCC3CCCC32)ccc1N. The number of hydrogen-bond donors (Lipinski definition) is 1. The van der Waals surface area contributed by atoms with Gasteiger partial charge in [0.15, 0.2) is 0 Å². The van der Waals surface area contributed by atoms with Gasteiger partial charge in [-0.25, -0.2) is 0 Å². The van der Waals surface area contributed by atoms with Crippen LogP contribution >= 0.6 is 0 Å². The molecular formula is C16H22N2O. The van der Waals surface area contributed by atoms with Gasteiger partial charge in [0.05, 0.1) is 0 Å². The van der Waals surface area contributed by atoms with E-state index in [9.17, 15) is 4.79 Å². The summed E-state index contributed by atoms with van der Waals surface area (Å²) in [6.45, 7) is 2.88. The first kappa shape index (κ1) is 12.5. The monoisotopic (exact) mass is 258 g/mol. The van der Waals surface area contributed by atoms with Crippen molar-refractivity contribution in [2.75, 3.05) is 12.3 Å². The average molecular weight is 258 g/mol. The van der Waals surface area contributed by atoms with E-state index in [2.05, 4.69) is 4.90 Å². The molecule has 2 aliphatic rings. The summed E-state index contributed by atoms with van der Waals surface area (Å²) in [6.07, 6.45) is 6.22. The lowest BCUT2D eigenvalue weighted by atomic mass is 9.91. The van der Waals surface area contributed by atoms with Crippen LogP contribution < -0.4 is 5.73 Å². The van der Waals surface area contributed by atoms with Gasteiger partial charge in [-0.3, -0.25) is 4.79 Å². The minimum atomic E-state index is 0.194. The Bertz CT molecular complexity index is 498. The second-order valence-electron chi connectivity index (χ2n) is 5.97. The van der Waals surface area contributed by atoms with Gasteiger partial charge < -0.3 is 10.6 Å². The quantitative estimate of drug-likeness (QED) is 0.787. The molecule has 1 aromatic rings. The topological polar surface area (TPSA) is 46.3 Å². The Morgan fingerprint density at radius 2 is 2.05 bits per heavy atom. The number of rotatable bonds is 1. The lowest BCUT2D eigenvalue weighted by Gasteiger charge is -2.38. The molecule has 2 N–H and O–H groups in total. The molecule has 102 valence electrons. The van der Waals surface area contributed by atoms with Crippen molar-refractivity contribution in [2.45, 2.75) is 45.1 Å². The maximum atomic E-state index is 12.7. The van der Waals surface area contributed by atoms with Gasteiger partial charge in [-0.05, 0) is 62.3 Å². The number of anilines is 1. The zero-order valence-electron chi connectivity index (χ0n) is 11.6. The fourth-order valence-electron chi connectivity index (χ4n) is 3.68. The Labute approximate surface area is 114 Å². The van der Waals surface area contributed by atoms with Gasteiger partial charge in [-0.15, -0.1) is 0 Å². The first-order chi connectivity index (χ1) is 9.16. The number of piperidine rings is 1. The molecule has 1 amide bonds. The molecule has 3 heteroatoms. The van der Waals surface area contributed by atoms with Gasteiger partial charge in [-0.2, -0.15) is 0 Å². The number of nitrogen functional groups attached to an aromatic ring is 1. The third kappa shape index (κ3) is 2.22. The Hall–Kier alpha value is -1.51. The van der Waals surface area contributed by atoms with Gasteiger partial charge in [0.1, 0.15) is 0 Å². The van der Waals surface area contributed by atoms with Crippen molar-refractivity contribution in [3.63, 3.8) is 0 Å². The van der Waals surface area contributed by atoms with E-state index in [1.54, 1.807) is 0 Å². The summed E-state index contributed by atoms with van der Waals surface area (Å²) in [5.41, 5.74) is 8.37. The second-order valence-corrected chi connectivity index (χ2v) is 5.97. The van der Waals surface area contributed by atoms with Crippen LogP contribution in [0.3, 0.4) is 0 Å².